The van der Waals surface area contributed by atoms with E-state index in [0.29, 0.717) is 44.1 Å². The molecule has 45 heavy (non-hydrogen) atoms. The summed E-state index contributed by atoms with van der Waals surface area (Å²) >= 11 is 4.98. The fourth-order valence-corrected chi connectivity index (χ4v) is 2.63. The van der Waals surface area contributed by atoms with Crippen LogP contribution in [0.1, 0.15) is 127 Å². The molecule has 0 aromatic rings. The molecule has 0 aliphatic carbocycles. The molecule has 5 N–H and O–H groups in total. The number of hydrogen-bond acceptors (Lipinski definition) is 7. The molecule has 0 saturated carbocycles. The van der Waals surface area contributed by atoms with Crippen LogP contribution in [-0.4, -0.2) is 63.6 Å². The standard InChI is InChI=1S/C10H18F2O.C10H18OS.C4H8F2O.C4H7FO.C4H10O2.H2O/c1-4-7-10(11,12)13-8-5-6-9(2)3;1-4-6-10(12)11-8-5-7-9(2)3;1-2-3-4(5,6)7;2*1-2-3-4(5)6;/h5-6,9H,4,7-8H2,1-3H3;5,7,9H,4,6,8H2,1-3H3;7H,2-3H2,1H3;2-3H2,1H3;4-6H,2-3H2,1H3;1H2/b6-5+;;;;;. The van der Waals surface area contributed by atoms with Crippen LogP contribution >= 0.6 is 12.2 Å². The van der Waals surface area contributed by atoms with Gasteiger partial charge in [-0.25, -0.2) is 0 Å². The minimum atomic E-state index is -3.45. The number of carbonyl (C=O) groups is 1. The molecular weight excluding hydrogens is 623 g/mol. The molecule has 0 bridgehead atoms. The molecule has 0 aliphatic rings. The van der Waals surface area contributed by atoms with Crippen LogP contribution in [0, 0.1) is 11.8 Å². The first-order valence-corrected chi connectivity index (χ1v) is 15.8. The zero-order valence-corrected chi connectivity index (χ0v) is 29.7. The van der Waals surface area contributed by atoms with Crippen molar-refractivity contribution in [1.29, 1.82) is 0 Å². The Hall–Kier alpha value is -1.51. The minimum absolute atomic E-state index is 0. The molecule has 0 fully saturated rings. The van der Waals surface area contributed by atoms with Gasteiger partial charge in [-0.2, -0.15) is 22.0 Å². The van der Waals surface area contributed by atoms with Crippen LogP contribution in [0.4, 0.5) is 22.0 Å². The van der Waals surface area contributed by atoms with E-state index in [1.165, 1.54) is 0 Å². The number of ether oxygens (including phenoxy) is 2. The van der Waals surface area contributed by atoms with Gasteiger partial charge in [0, 0.05) is 25.7 Å². The van der Waals surface area contributed by atoms with E-state index >= 15 is 0 Å². The Bertz CT molecular complexity index is 685. The van der Waals surface area contributed by atoms with E-state index in [1.54, 1.807) is 26.8 Å². The van der Waals surface area contributed by atoms with Crippen molar-refractivity contribution >= 4 is 23.3 Å². The lowest BCUT2D eigenvalue weighted by Crippen LogP contribution is -2.20. The molecule has 13 heteroatoms. The van der Waals surface area contributed by atoms with E-state index in [4.69, 9.17) is 32.3 Å². The summed E-state index contributed by atoms with van der Waals surface area (Å²) in [6.07, 6.45) is 4.15. The average Bonchev–Trinajstić information content (AvgIpc) is 2.85. The first-order valence-electron chi connectivity index (χ1n) is 15.4. The van der Waals surface area contributed by atoms with Gasteiger partial charge in [-0.1, -0.05) is 93.0 Å². The van der Waals surface area contributed by atoms with Gasteiger partial charge in [-0.05, 0) is 56.2 Å². The summed E-state index contributed by atoms with van der Waals surface area (Å²) in [7, 11) is 0. The molecule has 0 rings (SSSR count). The number of carbonyl (C=O) groups excluding carboxylic acids is 1. The second-order valence-corrected chi connectivity index (χ2v) is 10.7. The summed E-state index contributed by atoms with van der Waals surface area (Å²) in [4.78, 5) is 9.38. The van der Waals surface area contributed by atoms with Crippen LogP contribution in [0.2, 0.25) is 0 Å². The Labute approximate surface area is 274 Å². The van der Waals surface area contributed by atoms with E-state index in [-0.39, 0.29) is 24.9 Å². The van der Waals surface area contributed by atoms with Gasteiger partial charge in [0.25, 0.3) is 0 Å². The SMILES string of the molecule is CCCC(=O)F.CCCC(=S)OCC=CC(C)C.CCCC(F)(F)OC/C=C/C(C)C.CCCC(O)(F)F.CCCC(O)O.O. The Morgan fingerprint density at radius 2 is 1.22 bits per heavy atom. The number of aliphatic hydroxyl groups excluding tert-OH is 1. The van der Waals surface area contributed by atoms with Crippen molar-refractivity contribution in [3.8, 4) is 0 Å². The van der Waals surface area contributed by atoms with Crippen molar-refractivity contribution in [3.63, 3.8) is 0 Å². The van der Waals surface area contributed by atoms with Gasteiger partial charge in [-0.15, -0.1) is 0 Å². The van der Waals surface area contributed by atoms with Gasteiger partial charge in [0.2, 0.25) is 0 Å². The van der Waals surface area contributed by atoms with E-state index in [1.807, 2.05) is 32.9 Å². The van der Waals surface area contributed by atoms with Crippen molar-refractivity contribution < 1.29 is 57.0 Å². The quantitative estimate of drug-likeness (QED) is 0.0459. The zero-order valence-electron chi connectivity index (χ0n) is 28.9. The maximum absolute atomic E-state index is 12.7. The molecule has 0 saturated heterocycles. The normalized spacial score (nSPS) is 11.0. The molecule has 0 spiro atoms. The number of allylic oxidation sites excluding steroid dienone is 2. The van der Waals surface area contributed by atoms with E-state index in [0.717, 1.165) is 24.3 Å². The number of halogens is 5. The van der Waals surface area contributed by atoms with Crippen molar-refractivity contribution in [2.75, 3.05) is 13.2 Å². The molecule has 0 amide bonds. The molecule has 0 heterocycles. The van der Waals surface area contributed by atoms with Gasteiger partial charge in [0.05, 0.1) is 6.61 Å². The molecule has 0 atom stereocenters. The van der Waals surface area contributed by atoms with E-state index < -0.39 is 31.0 Å². The first kappa shape index (κ1) is 55.9. The van der Waals surface area contributed by atoms with Crippen LogP contribution in [0.15, 0.2) is 24.3 Å². The molecular formula is C32H63F5O7S. The van der Waals surface area contributed by atoms with Crippen molar-refractivity contribution in [2.24, 2.45) is 11.8 Å². The van der Waals surface area contributed by atoms with E-state index in [2.05, 4.69) is 31.6 Å². The molecule has 0 aliphatic heterocycles. The highest BCUT2D eigenvalue weighted by Gasteiger charge is 2.27. The van der Waals surface area contributed by atoms with Crippen molar-refractivity contribution in [1.82, 2.24) is 0 Å². The number of rotatable bonds is 17. The lowest BCUT2D eigenvalue weighted by atomic mass is 10.2. The third kappa shape index (κ3) is 74.9. The minimum Gasteiger partial charge on any atom is -0.483 e. The Morgan fingerprint density at radius 1 is 0.778 bits per heavy atom. The van der Waals surface area contributed by atoms with Crippen LogP contribution < -0.4 is 0 Å². The van der Waals surface area contributed by atoms with E-state index in [9.17, 15) is 26.7 Å². The third-order valence-corrected chi connectivity index (χ3v) is 4.63. The number of thiocarbonyl (C=S) groups is 1. The summed E-state index contributed by atoms with van der Waals surface area (Å²) < 4.78 is 68.7. The van der Waals surface area contributed by atoms with Gasteiger partial charge in [-0.3, -0.25) is 4.79 Å². The van der Waals surface area contributed by atoms with Gasteiger partial charge in [0.15, 0.2) is 11.3 Å². The van der Waals surface area contributed by atoms with Gasteiger partial charge in [0.1, 0.15) is 6.61 Å². The Kier molecular flexibility index (Phi) is 48.0. The summed E-state index contributed by atoms with van der Waals surface area (Å²) in [5, 5.41) is 24.6. The predicted molar refractivity (Wildman–Crippen MR) is 177 cm³/mol. The Balaban J connectivity index is -0.000000109. The molecule has 0 radical (unpaired) electrons. The van der Waals surface area contributed by atoms with Crippen LogP contribution in [0.25, 0.3) is 0 Å². The summed E-state index contributed by atoms with van der Waals surface area (Å²) in [6, 6.07) is -1.21. The highest BCUT2D eigenvalue weighted by molar-refractivity contribution is 7.80. The fourth-order valence-electron chi connectivity index (χ4n) is 2.36. The molecule has 0 aromatic heterocycles. The van der Waals surface area contributed by atoms with Crippen LogP contribution in [-0.2, 0) is 14.3 Å². The van der Waals surface area contributed by atoms with Crippen molar-refractivity contribution in [2.45, 2.75) is 145 Å². The maximum atomic E-state index is 12.7. The van der Waals surface area contributed by atoms with Gasteiger partial charge >= 0.3 is 18.3 Å². The lowest BCUT2D eigenvalue weighted by Gasteiger charge is -2.14. The smallest absolute Gasteiger partial charge is 0.356 e. The lowest BCUT2D eigenvalue weighted by molar-refractivity contribution is -0.235. The Morgan fingerprint density at radius 3 is 1.47 bits per heavy atom. The van der Waals surface area contributed by atoms with Crippen molar-refractivity contribution in [3.05, 3.63) is 24.3 Å². The highest BCUT2D eigenvalue weighted by atomic mass is 32.1. The second kappa shape index (κ2) is 38.7. The van der Waals surface area contributed by atoms with Gasteiger partial charge < -0.3 is 30.3 Å². The highest BCUT2D eigenvalue weighted by Crippen LogP contribution is 2.21. The van der Waals surface area contributed by atoms with Crippen LogP contribution in [0.3, 0.4) is 0 Å². The number of hydrogen-bond donors (Lipinski definition) is 3. The summed E-state index contributed by atoms with van der Waals surface area (Å²) in [6.45, 7) is 17.9. The van der Waals surface area contributed by atoms with Crippen LogP contribution in [0.5, 0.6) is 0 Å². The summed E-state index contributed by atoms with van der Waals surface area (Å²) in [5.41, 5.74) is 0. The fraction of sp³-hybridized carbons (Fsp3) is 0.812. The number of alkyl halides is 4. The second-order valence-electron chi connectivity index (χ2n) is 10.3. The maximum Gasteiger partial charge on any atom is 0.356 e. The topological polar surface area (TPSA) is 128 Å². The predicted octanol–water partition coefficient (Wildman–Crippen LogP) is 8.88. The molecule has 7 nitrogen and oxygen atoms in total. The molecule has 0 unspecified atom stereocenters. The number of aliphatic hydroxyl groups is 3. The largest absolute Gasteiger partial charge is 0.483 e. The molecule has 0 aromatic carbocycles. The third-order valence-electron chi connectivity index (χ3n) is 4.31. The zero-order chi connectivity index (χ0) is 35.6. The monoisotopic (exact) mass is 686 g/mol. The summed E-state index contributed by atoms with van der Waals surface area (Å²) in [5.74, 6) is 0.969. The first-order chi connectivity index (χ1) is 20.2. The molecule has 274 valence electrons. The average molecular weight is 687 g/mol.